The predicted octanol–water partition coefficient (Wildman–Crippen LogP) is 1.27. The second kappa shape index (κ2) is 5.75. The minimum Gasteiger partial charge on any atom is -0.396 e. The SMILES string of the molecule is NC(=O)Sc1ccc([C@@H](O)CCO)cc1. The zero-order valence-electron chi connectivity index (χ0n) is 8.09. The first-order chi connectivity index (χ1) is 7.13. The molecule has 0 bridgehead atoms. The Morgan fingerprint density at radius 1 is 1.40 bits per heavy atom. The third kappa shape index (κ3) is 3.91. The normalized spacial score (nSPS) is 12.4. The first-order valence-corrected chi connectivity index (χ1v) is 5.31. The number of nitrogens with two attached hydrogens (primary N) is 1. The van der Waals surface area contributed by atoms with Gasteiger partial charge in [0.15, 0.2) is 0 Å². The van der Waals surface area contributed by atoms with Crippen LogP contribution in [0.5, 0.6) is 0 Å². The van der Waals surface area contributed by atoms with Crippen LogP contribution in [-0.4, -0.2) is 22.1 Å². The number of hydrogen-bond acceptors (Lipinski definition) is 4. The van der Waals surface area contributed by atoms with E-state index in [1.165, 1.54) is 0 Å². The van der Waals surface area contributed by atoms with Crippen LogP contribution in [0.1, 0.15) is 18.1 Å². The molecular weight excluding hydrogens is 214 g/mol. The predicted molar refractivity (Wildman–Crippen MR) is 58.5 cm³/mol. The number of carbonyl (C=O) groups is 1. The summed E-state index contributed by atoms with van der Waals surface area (Å²) in [4.78, 5) is 11.3. The van der Waals surface area contributed by atoms with Crippen LogP contribution < -0.4 is 5.73 Å². The Hall–Kier alpha value is -1.04. The minimum atomic E-state index is -0.664. The summed E-state index contributed by atoms with van der Waals surface area (Å²) in [6, 6.07) is 6.86. The van der Waals surface area contributed by atoms with Crippen LogP contribution >= 0.6 is 11.8 Å². The van der Waals surface area contributed by atoms with Gasteiger partial charge >= 0.3 is 0 Å². The molecule has 0 saturated heterocycles. The van der Waals surface area contributed by atoms with Gasteiger partial charge in [-0.1, -0.05) is 12.1 Å². The monoisotopic (exact) mass is 227 g/mol. The zero-order chi connectivity index (χ0) is 11.3. The average Bonchev–Trinajstić information content (AvgIpc) is 2.18. The van der Waals surface area contributed by atoms with Gasteiger partial charge in [-0.15, -0.1) is 0 Å². The summed E-state index contributed by atoms with van der Waals surface area (Å²) < 4.78 is 0. The van der Waals surface area contributed by atoms with Crippen LogP contribution in [-0.2, 0) is 0 Å². The molecule has 0 unspecified atom stereocenters. The summed E-state index contributed by atoms with van der Waals surface area (Å²) in [5.74, 6) is 0. The molecule has 0 aliphatic rings. The highest BCUT2D eigenvalue weighted by Crippen LogP contribution is 2.22. The summed E-state index contributed by atoms with van der Waals surface area (Å²) in [5, 5.41) is 17.7. The Morgan fingerprint density at radius 2 is 2.00 bits per heavy atom. The maximum atomic E-state index is 10.6. The van der Waals surface area contributed by atoms with E-state index in [1.54, 1.807) is 24.3 Å². The second-order valence-corrected chi connectivity index (χ2v) is 4.10. The number of amides is 1. The molecule has 0 spiro atoms. The molecule has 0 fully saturated rings. The molecule has 4 nitrogen and oxygen atoms in total. The van der Waals surface area contributed by atoms with Crippen LogP contribution in [0.25, 0.3) is 0 Å². The number of carbonyl (C=O) groups excluding carboxylic acids is 1. The van der Waals surface area contributed by atoms with Crippen LogP contribution in [0.2, 0.25) is 0 Å². The van der Waals surface area contributed by atoms with Crippen molar-refractivity contribution in [3.8, 4) is 0 Å². The van der Waals surface area contributed by atoms with Crippen molar-refractivity contribution in [2.24, 2.45) is 5.73 Å². The fraction of sp³-hybridized carbons (Fsp3) is 0.300. The van der Waals surface area contributed by atoms with E-state index in [-0.39, 0.29) is 6.61 Å². The largest absolute Gasteiger partial charge is 0.396 e. The van der Waals surface area contributed by atoms with E-state index in [4.69, 9.17) is 10.8 Å². The van der Waals surface area contributed by atoms with E-state index in [0.29, 0.717) is 6.42 Å². The maximum absolute atomic E-state index is 10.6. The first kappa shape index (κ1) is 12.0. The molecule has 0 aromatic heterocycles. The molecule has 15 heavy (non-hydrogen) atoms. The van der Waals surface area contributed by atoms with Crippen LogP contribution in [0.4, 0.5) is 4.79 Å². The summed E-state index contributed by atoms with van der Waals surface area (Å²) in [7, 11) is 0. The number of benzene rings is 1. The molecule has 82 valence electrons. The number of thioether (sulfide) groups is 1. The van der Waals surface area contributed by atoms with Crippen LogP contribution in [0.15, 0.2) is 29.2 Å². The van der Waals surface area contributed by atoms with Crippen molar-refractivity contribution in [1.82, 2.24) is 0 Å². The molecule has 1 rings (SSSR count). The molecule has 1 atom stereocenters. The van der Waals surface area contributed by atoms with Crippen molar-refractivity contribution in [2.45, 2.75) is 17.4 Å². The third-order valence-corrected chi connectivity index (χ3v) is 2.59. The number of hydrogen-bond donors (Lipinski definition) is 3. The van der Waals surface area contributed by atoms with Crippen molar-refractivity contribution < 1.29 is 15.0 Å². The zero-order valence-corrected chi connectivity index (χ0v) is 8.91. The third-order valence-electron chi connectivity index (χ3n) is 1.89. The molecule has 0 heterocycles. The second-order valence-electron chi connectivity index (χ2n) is 3.02. The summed E-state index contributed by atoms with van der Waals surface area (Å²) in [6.07, 6.45) is -0.356. The van der Waals surface area contributed by atoms with Gasteiger partial charge in [0, 0.05) is 17.9 Å². The number of rotatable bonds is 4. The fourth-order valence-electron chi connectivity index (χ4n) is 1.16. The number of aliphatic hydroxyl groups excluding tert-OH is 2. The highest BCUT2D eigenvalue weighted by atomic mass is 32.2. The van der Waals surface area contributed by atoms with Gasteiger partial charge in [0.25, 0.3) is 5.24 Å². The van der Waals surface area contributed by atoms with Gasteiger partial charge in [-0.05, 0) is 29.5 Å². The molecule has 0 radical (unpaired) electrons. The number of primary amides is 1. The van der Waals surface area contributed by atoms with E-state index in [1.807, 2.05) is 0 Å². The van der Waals surface area contributed by atoms with Gasteiger partial charge in [-0.25, -0.2) is 0 Å². The first-order valence-electron chi connectivity index (χ1n) is 4.49. The lowest BCUT2D eigenvalue weighted by Gasteiger charge is -2.09. The lowest BCUT2D eigenvalue weighted by atomic mass is 10.1. The molecule has 1 amide bonds. The molecule has 0 saturated carbocycles. The smallest absolute Gasteiger partial charge is 0.281 e. The van der Waals surface area contributed by atoms with E-state index in [9.17, 15) is 9.90 Å². The summed E-state index contributed by atoms with van der Waals surface area (Å²) in [6.45, 7) is -0.0566. The standard InChI is InChI=1S/C10H13NO3S/c11-10(14)15-8-3-1-7(2-4-8)9(13)5-6-12/h1-4,9,12-13H,5-6H2,(H2,11,14)/t9-/m0/s1. The highest BCUT2D eigenvalue weighted by molar-refractivity contribution is 8.13. The number of aliphatic hydroxyl groups is 2. The lowest BCUT2D eigenvalue weighted by Crippen LogP contribution is -2.02. The van der Waals surface area contributed by atoms with Crippen molar-refractivity contribution in [2.75, 3.05) is 6.61 Å². The summed E-state index contributed by atoms with van der Waals surface area (Å²) >= 11 is 0.940. The minimum absolute atomic E-state index is 0.0566. The molecule has 1 aromatic rings. The van der Waals surface area contributed by atoms with Crippen molar-refractivity contribution in [1.29, 1.82) is 0 Å². The quantitative estimate of drug-likeness (QED) is 0.676. The Kier molecular flexibility index (Phi) is 4.61. The molecule has 0 aliphatic carbocycles. The van der Waals surface area contributed by atoms with Gasteiger partial charge in [0.05, 0.1) is 6.10 Å². The van der Waals surface area contributed by atoms with Gasteiger partial charge in [0.2, 0.25) is 0 Å². The molecule has 4 N–H and O–H groups in total. The highest BCUT2D eigenvalue weighted by Gasteiger charge is 2.06. The average molecular weight is 227 g/mol. The Morgan fingerprint density at radius 3 is 2.47 bits per heavy atom. The molecule has 1 aromatic carbocycles. The van der Waals surface area contributed by atoms with E-state index >= 15 is 0 Å². The van der Waals surface area contributed by atoms with Crippen LogP contribution in [0, 0.1) is 0 Å². The van der Waals surface area contributed by atoms with Gasteiger partial charge in [-0.2, -0.15) is 0 Å². The van der Waals surface area contributed by atoms with Crippen molar-refractivity contribution in [3.05, 3.63) is 29.8 Å². The van der Waals surface area contributed by atoms with Gasteiger partial charge < -0.3 is 15.9 Å². The van der Waals surface area contributed by atoms with E-state index in [2.05, 4.69) is 0 Å². The van der Waals surface area contributed by atoms with Crippen molar-refractivity contribution >= 4 is 17.0 Å². The van der Waals surface area contributed by atoms with Gasteiger partial charge in [0.1, 0.15) is 0 Å². The topological polar surface area (TPSA) is 83.6 Å². The maximum Gasteiger partial charge on any atom is 0.281 e. The lowest BCUT2D eigenvalue weighted by molar-refractivity contribution is 0.134. The molecule has 5 heteroatoms. The van der Waals surface area contributed by atoms with E-state index in [0.717, 1.165) is 22.2 Å². The Balaban J connectivity index is 2.67. The molecule has 0 aliphatic heterocycles. The Labute approximate surface area is 92.1 Å². The Bertz CT molecular complexity index is 326. The fourth-order valence-corrected chi connectivity index (χ4v) is 1.67. The van der Waals surface area contributed by atoms with Gasteiger partial charge in [-0.3, -0.25) is 4.79 Å². The van der Waals surface area contributed by atoms with Crippen LogP contribution in [0.3, 0.4) is 0 Å². The molecular formula is C10H13NO3S. The summed E-state index contributed by atoms with van der Waals surface area (Å²) in [5.41, 5.74) is 5.73. The van der Waals surface area contributed by atoms with Crippen molar-refractivity contribution in [3.63, 3.8) is 0 Å². The van der Waals surface area contributed by atoms with E-state index < -0.39 is 11.3 Å².